The van der Waals surface area contributed by atoms with Gasteiger partial charge in [-0.15, -0.1) is 0 Å². The second kappa shape index (κ2) is 10.9. The Balaban J connectivity index is 1.41. The van der Waals surface area contributed by atoms with Crippen LogP contribution < -0.4 is 10.6 Å². The number of aromatic nitrogens is 2. The maximum atomic E-state index is 13.0. The highest BCUT2D eigenvalue weighted by Crippen LogP contribution is 2.25. The predicted octanol–water partition coefficient (Wildman–Crippen LogP) is 4.67. The molecule has 2 heterocycles. The van der Waals surface area contributed by atoms with Gasteiger partial charge in [0.25, 0.3) is 0 Å². The van der Waals surface area contributed by atoms with Crippen molar-refractivity contribution in [1.82, 2.24) is 19.2 Å². The van der Waals surface area contributed by atoms with Crippen molar-refractivity contribution in [3.8, 4) is 11.3 Å². The third-order valence-corrected chi connectivity index (χ3v) is 8.69. The van der Waals surface area contributed by atoms with E-state index in [1.165, 1.54) is 0 Å². The molecule has 36 heavy (non-hydrogen) atoms. The number of nitrogens with zero attached hydrogens (tertiary/aromatic N) is 4. The first-order chi connectivity index (χ1) is 17.2. The number of hydrogen-bond acceptors (Lipinski definition) is 7. The first-order valence-electron chi connectivity index (χ1n) is 12.4. The van der Waals surface area contributed by atoms with Crippen LogP contribution in [0.4, 0.5) is 17.3 Å². The van der Waals surface area contributed by atoms with Gasteiger partial charge in [0.1, 0.15) is 0 Å². The molecule has 2 N–H and O–H groups in total. The standard InChI is InChI=1S/C27H36N6O2S/c1-5-27(2,3)20-29-22-8-6-21(7-9-22)25-14-15-28-26(31-25)30-23-10-12-24(13-11-23)36(34,35)33-18-16-32(4)17-19-33/h6-15,29H,5,16-20H2,1-4H3,(H,28,30,31). The number of anilines is 3. The van der Waals surface area contributed by atoms with Crippen LogP contribution in [-0.4, -0.2) is 67.4 Å². The van der Waals surface area contributed by atoms with E-state index >= 15 is 0 Å². The summed E-state index contributed by atoms with van der Waals surface area (Å²) in [6, 6.07) is 16.9. The molecule has 0 amide bonds. The van der Waals surface area contributed by atoms with Crippen LogP contribution in [0.5, 0.6) is 0 Å². The zero-order valence-electron chi connectivity index (χ0n) is 21.5. The molecule has 1 saturated heterocycles. The highest BCUT2D eigenvalue weighted by atomic mass is 32.2. The molecule has 1 aliphatic rings. The summed E-state index contributed by atoms with van der Waals surface area (Å²) in [5.74, 6) is 0.453. The second-order valence-corrected chi connectivity index (χ2v) is 12.0. The van der Waals surface area contributed by atoms with Gasteiger partial charge in [0.05, 0.1) is 10.6 Å². The van der Waals surface area contributed by atoms with Crippen molar-refractivity contribution in [2.24, 2.45) is 5.41 Å². The monoisotopic (exact) mass is 508 g/mol. The number of likely N-dealkylation sites (N-methyl/N-ethyl adjacent to an activating group) is 1. The Kier molecular flexibility index (Phi) is 7.92. The lowest BCUT2D eigenvalue weighted by Gasteiger charge is -2.31. The van der Waals surface area contributed by atoms with Crippen LogP contribution in [-0.2, 0) is 10.0 Å². The van der Waals surface area contributed by atoms with Crippen molar-refractivity contribution in [2.45, 2.75) is 32.1 Å². The Morgan fingerprint density at radius 2 is 1.56 bits per heavy atom. The minimum Gasteiger partial charge on any atom is -0.385 e. The van der Waals surface area contributed by atoms with Gasteiger partial charge in [0.15, 0.2) is 0 Å². The lowest BCUT2D eigenvalue weighted by atomic mass is 9.90. The molecule has 9 heteroatoms. The fourth-order valence-electron chi connectivity index (χ4n) is 3.82. The molecule has 1 aromatic heterocycles. The average molecular weight is 509 g/mol. The minimum atomic E-state index is -3.49. The Bertz CT molecular complexity index is 1250. The van der Waals surface area contributed by atoms with Crippen LogP contribution >= 0.6 is 0 Å². The van der Waals surface area contributed by atoms with Crippen LogP contribution in [0.1, 0.15) is 27.2 Å². The average Bonchev–Trinajstić information content (AvgIpc) is 2.89. The molecule has 192 valence electrons. The number of piperazine rings is 1. The second-order valence-electron chi connectivity index (χ2n) is 10.1. The first-order valence-corrected chi connectivity index (χ1v) is 13.8. The van der Waals surface area contributed by atoms with Gasteiger partial charge >= 0.3 is 0 Å². The van der Waals surface area contributed by atoms with Crippen LogP contribution in [0.3, 0.4) is 0 Å². The molecule has 3 aromatic rings. The van der Waals surface area contributed by atoms with Gasteiger partial charge in [-0.25, -0.2) is 18.4 Å². The third-order valence-electron chi connectivity index (χ3n) is 6.77. The number of sulfonamides is 1. The molecule has 4 rings (SSSR count). The van der Waals surface area contributed by atoms with E-state index < -0.39 is 10.0 Å². The van der Waals surface area contributed by atoms with Crippen molar-refractivity contribution < 1.29 is 8.42 Å². The van der Waals surface area contributed by atoms with Gasteiger partial charge in [-0.2, -0.15) is 4.31 Å². The lowest BCUT2D eigenvalue weighted by molar-refractivity contribution is 0.222. The largest absolute Gasteiger partial charge is 0.385 e. The molecule has 0 saturated carbocycles. The van der Waals surface area contributed by atoms with E-state index in [1.54, 1.807) is 34.8 Å². The molecule has 0 spiro atoms. The molecule has 8 nitrogen and oxygen atoms in total. The van der Waals surface area contributed by atoms with Crippen molar-refractivity contribution in [3.05, 3.63) is 60.8 Å². The predicted molar refractivity (Wildman–Crippen MR) is 146 cm³/mol. The van der Waals surface area contributed by atoms with Crippen molar-refractivity contribution >= 4 is 27.3 Å². The van der Waals surface area contributed by atoms with Crippen LogP contribution in [0, 0.1) is 5.41 Å². The normalized spacial score (nSPS) is 15.6. The fourth-order valence-corrected chi connectivity index (χ4v) is 5.24. The van der Waals surface area contributed by atoms with Gasteiger partial charge in [-0.05, 0) is 61.3 Å². The summed E-state index contributed by atoms with van der Waals surface area (Å²) >= 11 is 0. The maximum absolute atomic E-state index is 13.0. The highest BCUT2D eigenvalue weighted by molar-refractivity contribution is 7.89. The topological polar surface area (TPSA) is 90.5 Å². The van der Waals surface area contributed by atoms with Crippen LogP contribution in [0.15, 0.2) is 65.7 Å². The lowest BCUT2D eigenvalue weighted by Crippen LogP contribution is -2.46. The minimum absolute atomic E-state index is 0.249. The zero-order chi connectivity index (χ0) is 25.8. The summed E-state index contributed by atoms with van der Waals surface area (Å²) in [6.45, 7) is 10.1. The smallest absolute Gasteiger partial charge is 0.243 e. The summed E-state index contributed by atoms with van der Waals surface area (Å²) in [5.41, 5.74) is 3.86. The number of hydrogen-bond donors (Lipinski definition) is 2. The molecular formula is C27H36N6O2S. The van der Waals surface area contributed by atoms with E-state index in [1.807, 2.05) is 25.2 Å². The summed E-state index contributed by atoms with van der Waals surface area (Å²) < 4.78 is 27.5. The molecule has 1 aliphatic heterocycles. The summed E-state index contributed by atoms with van der Waals surface area (Å²) in [4.78, 5) is 11.4. The molecule has 0 bridgehead atoms. The zero-order valence-corrected chi connectivity index (χ0v) is 22.3. The third kappa shape index (κ3) is 6.40. The van der Waals surface area contributed by atoms with E-state index in [0.717, 1.165) is 48.7 Å². The van der Waals surface area contributed by atoms with Crippen molar-refractivity contribution in [1.29, 1.82) is 0 Å². The van der Waals surface area contributed by atoms with Crippen molar-refractivity contribution in [2.75, 3.05) is 50.4 Å². The molecule has 0 radical (unpaired) electrons. The molecule has 0 atom stereocenters. The van der Waals surface area contributed by atoms with E-state index in [9.17, 15) is 8.42 Å². The first kappa shape index (κ1) is 26.1. The van der Waals surface area contributed by atoms with Gasteiger partial charge < -0.3 is 15.5 Å². The van der Waals surface area contributed by atoms with Gasteiger partial charge in [-0.3, -0.25) is 0 Å². The van der Waals surface area contributed by atoms with Crippen molar-refractivity contribution in [3.63, 3.8) is 0 Å². The summed E-state index contributed by atoms with van der Waals surface area (Å²) in [7, 11) is -1.49. The van der Waals surface area contributed by atoms with E-state index in [4.69, 9.17) is 0 Å². The Morgan fingerprint density at radius 3 is 2.19 bits per heavy atom. The number of nitrogens with one attached hydrogen (secondary N) is 2. The number of rotatable bonds is 9. The number of benzene rings is 2. The van der Waals surface area contributed by atoms with Crippen LogP contribution in [0.25, 0.3) is 11.3 Å². The highest BCUT2D eigenvalue weighted by Gasteiger charge is 2.27. The Hall–Kier alpha value is -3.01. The fraction of sp³-hybridized carbons (Fsp3) is 0.407. The van der Waals surface area contributed by atoms with Gasteiger partial charge in [-0.1, -0.05) is 32.9 Å². The molecule has 0 unspecified atom stereocenters. The quantitative estimate of drug-likeness (QED) is 0.434. The van der Waals surface area contributed by atoms with Crippen LogP contribution in [0.2, 0.25) is 0 Å². The molecular weight excluding hydrogens is 472 g/mol. The maximum Gasteiger partial charge on any atom is 0.243 e. The molecule has 2 aromatic carbocycles. The molecule has 1 fully saturated rings. The van der Waals surface area contributed by atoms with Gasteiger partial charge in [0, 0.05) is 55.9 Å². The van der Waals surface area contributed by atoms with E-state index in [0.29, 0.717) is 23.9 Å². The van der Waals surface area contributed by atoms with E-state index in [-0.39, 0.29) is 5.41 Å². The van der Waals surface area contributed by atoms with E-state index in [2.05, 4.69) is 58.4 Å². The SMILES string of the molecule is CCC(C)(C)CNc1ccc(-c2ccnc(Nc3ccc(S(=O)(=O)N4CCN(C)CC4)cc3)n2)cc1. The molecule has 0 aliphatic carbocycles. The summed E-state index contributed by atoms with van der Waals surface area (Å²) in [6.07, 6.45) is 2.83. The summed E-state index contributed by atoms with van der Waals surface area (Å²) in [5, 5.41) is 6.69. The Morgan fingerprint density at radius 1 is 0.917 bits per heavy atom. The Labute approximate surface area is 214 Å². The van der Waals surface area contributed by atoms with Gasteiger partial charge in [0.2, 0.25) is 16.0 Å².